The van der Waals surface area contributed by atoms with Gasteiger partial charge < -0.3 is 14.5 Å². The topological polar surface area (TPSA) is 60.2 Å². The molecule has 0 aromatic carbocycles. The molecule has 1 aliphatic heterocycles. The van der Waals surface area contributed by atoms with Crippen molar-refractivity contribution in [3.8, 4) is 0 Å². The molecule has 1 aliphatic rings. The summed E-state index contributed by atoms with van der Waals surface area (Å²) in [7, 11) is 0. The quantitative estimate of drug-likeness (QED) is 0.849. The normalized spacial score (nSPS) is 24.7. The molecule has 0 bridgehead atoms. The van der Waals surface area contributed by atoms with E-state index in [0.717, 1.165) is 25.3 Å². The van der Waals surface area contributed by atoms with Crippen molar-refractivity contribution in [3.63, 3.8) is 0 Å². The Hall–Kier alpha value is -0.940. The molecule has 2 rings (SSSR count). The van der Waals surface area contributed by atoms with E-state index in [1.807, 2.05) is 0 Å². The van der Waals surface area contributed by atoms with Crippen LogP contribution in [0.1, 0.15) is 51.3 Å². The Morgan fingerprint density at radius 1 is 1.41 bits per heavy atom. The Morgan fingerprint density at radius 3 is 2.94 bits per heavy atom. The number of aromatic nitrogens is 2. The van der Waals surface area contributed by atoms with Crippen molar-refractivity contribution in [3.05, 3.63) is 11.8 Å². The monoisotopic (exact) mass is 239 g/mol. The minimum absolute atomic E-state index is 0.237. The van der Waals surface area contributed by atoms with E-state index < -0.39 is 0 Å². The summed E-state index contributed by atoms with van der Waals surface area (Å²) in [4.78, 5) is 0. The lowest BCUT2D eigenvalue weighted by molar-refractivity contribution is 0.0962. The van der Waals surface area contributed by atoms with E-state index in [1.165, 1.54) is 0 Å². The van der Waals surface area contributed by atoms with Gasteiger partial charge in [0.2, 0.25) is 11.8 Å². The summed E-state index contributed by atoms with van der Waals surface area (Å²) in [6.07, 6.45) is 2.21. The molecule has 2 atom stereocenters. The lowest BCUT2D eigenvalue weighted by Gasteiger charge is -2.12. The summed E-state index contributed by atoms with van der Waals surface area (Å²) < 4.78 is 11.3. The van der Waals surface area contributed by atoms with Crippen LogP contribution >= 0.6 is 0 Å². The van der Waals surface area contributed by atoms with Crippen LogP contribution in [0.25, 0.3) is 0 Å². The van der Waals surface area contributed by atoms with Gasteiger partial charge in [-0.2, -0.15) is 0 Å². The zero-order valence-corrected chi connectivity index (χ0v) is 10.8. The first-order valence-electron chi connectivity index (χ1n) is 6.38. The van der Waals surface area contributed by atoms with E-state index in [-0.39, 0.29) is 12.0 Å². The molecule has 1 fully saturated rings. The summed E-state index contributed by atoms with van der Waals surface area (Å²) in [5, 5.41) is 11.5. The van der Waals surface area contributed by atoms with Crippen LogP contribution in [0.3, 0.4) is 0 Å². The Balaban J connectivity index is 1.97. The van der Waals surface area contributed by atoms with Gasteiger partial charge in [-0.3, -0.25) is 0 Å². The third-order valence-corrected chi connectivity index (χ3v) is 3.07. The molecule has 5 nitrogen and oxygen atoms in total. The zero-order valence-electron chi connectivity index (χ0n) is 10.8. The molecule has 17 heavy (non-hydrogen) atoms. The number of nitrogens with one attached hydrogen (secondary N) is 1. The van der Waals surface area contributed by atoms with Crippen molar-refractivity contribution in [1.29, 1.82) is 0 Å². The first-order chi connectivity index (χ1) is 8.20. The molecule has 5 heteroatoms. The van der Waals surface area contributed by atoms with Gasteiger partial charge in [0.15, 0.2) is 0 Å². The second-order valence-corrected chi connectivity index (χ2v) is 4.78. The minimum Gasteiger partial charge on any atom is -0.423 e. The third kappa shape index (κ3) is 3.04. The molecule has 1 aromatic heterocycles. The highest BCUT2D eigenvalue weighted by Crippen LogP contribution is 2.31. The van der Waals surface area contributed by atoms with Crippen molar-refractivity contribution < 1.29 is 9.15 Å². The van der Waals surface area contributed by atoms with E-state index in [1.54, 1.807) is 0 Å². The lowest BCUT2D eigenvalue weighted by Crippen LogP contribution is -2.21. The van der Waals surface area contributed by atoms with Crippen LogP contribution in [-0.4, -0.2) is 29.0 Å². The molecule has 0 saturated carbocycles. The molecule has 2 unspecified atom stereocenters. The van der Waals surface area contributed by atoms with E-state index in [0.29, 0.717) is 18.5 Å². The highest BCUT2D eigenvalue weighted by atomic mass is 16.5. The summed E-state index contributed by atoms with van der Waals surface area (Å²) in [6, 6.07) is 0.420. The van der Waals surface area contributed by atoms with Crippen LogP contribution in [0.5, 0.6) is 0 Å². The average molecular weight is 239 g/mol. The van der Waals surface area contributed by atoms with Crippen molar-refractivity contribution in [1.82, 2.24) is 15.5 Å². The molecule has 1 saturated heterocycles. The molecule has 0 amide bonds. The first-order valence-corrected chi connectivity index (χ1v) is 6.38. The number of nitrogens with zero attached hydrogens (tertiary/aromatic N) is 2. The van der Waals surface area contributed by atoms with Crippen LogP contribution in [0.15, 0.2) is 4.42 Å². The smallest absolute Gasteiger partial charge is 0.230 e. The Kier molecular flexibility index (Phi) is 4.12. The van der Waals surface area contributed by atoms with Crippen LogP contribution < -0.4 is 5.32 Å². The van der Waals surface area contributed by atoms with Gasteiger partial charge in [0.1, 0.15) is 0 Å². The fraction of sp³-hybridized carbons (Fsp3) is 0.833. The van der Waals surface area contributed by atoms with Crippen molar-refractivity contribution in [2.75, 3.05) is 6.61 Å². The highest BCUT2D eigenvalue weighted by molar-refractivity contribution is 4.98. The van der Waals surface area contributed by atoms with Gasteiger partial charge in [-0.05, 0) is 12.8 Å². The molecule has 1 aromatic rings. The molecule has 0 spiro atoms. The maximum Gasteiger partial charge on any atom is 0.230 e. The van der Waals surface area contributed by atoms with Gasteiger partial charge in [0.05, 0.1) is 18.6 Å². The Morgan fingerprint density at radius 2 is 2.24 bits per heavy atom. The van der Waals surface area contributed by atoms with Gasteiger partial charge in [0, 0.05) is 12.6 Å². The largest absolute Gasteiger partial charge is 0.423 e. The standard InChI is InChI=1S/C12H21N3O2/c1-4-10-9(5-6-16-10)12-15-14-11(17-12)7-13-8(2)3/h8-10,13H,4-7H2,1-3H3. The SMILES string of the molecule is CCC1OCCC1c1nnc(CNC(C)C)o1. The fourth-order valence-electron chi connectivity index (χ4n) is 2.11. The van der Waals surface area contributed by atoms with Crippen molar-refractivity contribution in [2.45, 2.75) is 58.2 Å². The van der Waals surface area contributed by atoms with Crippen LogP contribution in [0, 0.1) is 0 Å². The Bertz CT molecular complexity index is 351. The average Bonchev–Trinajstić information content (AvgIpc) is 2.94. The molecule has 96 valence electrons. The number of hydrogen-bond acceptors (Lipinski definition) is 5. The molecule has 1 N–H and O–H groups in total. The maximum absolute atomic E-state index is 5.69. The summed E-state index contributed by atoms with van der Waals surface area (Å²) in [5.74, 6) is 1.67. The summed E-state index contributed by atoms with van der Waals surface area (Å²) >= 11 is 0. The summed E-state index contributed by atoms with van der Waals surface area (Å²) in [6.45, 7) is 7.74. The second kappa shape index (κ2) is 5.60. The van der Waals surface area contributed by atoms with E-state index in [4.69, 9.17) is 9.15 Å². The first kappa shape index (κ1) is 12.5. The minimum atomic E-state index is 0.237. The molecular formula is C12H21N3O2. The number of hydrogen-bond donors (Lipinski definition) is 1. The predicted molar refractivity (Wildman–Crippen MR) is 63.7 cm³/mol. The van der Waals surface area contributed by atoms with Gasteiger partial charge in [0.25, 0.3) is 0 Å². The second-order valence-electron chi connectivity index (χ2n) is 4.78. The van der Waals surface area contributed by atoms with E-state index >= 15 is 0 Å². The molecule has 0 aliphatic carbocycles. The van der Waals surface area contributed by atoms with Gasteiger partial charge in [-0.15, -0.1) is 10.2 Å². The van der Waals surface area contributed by atoms with Crippen molar-refractivity contribution >= 4 is 0 Å². The van der Waals surface area contributed by atoms with Gasteiger partial charge >= 0.3 is 0 Å². The van der Waals surface area contributed by atoms with Crippen LogP contribution in [0.2, 0.25) is 0 Å². The highest BCUT2D eigenvalue weighted by Gasteiger charge is 2.32. The summed E-state index contributed by atoms with van der Waals surface area (Å²) in [5.41, 5.74) is 0. The number of ether oxygens (including phenoxy) is 1. The maximum atomic E-state index is 5.69. The van der Waals surface area contributed by atoms with E-state index in [9.17, 15) is 0 Å². The van der Waals surface area contributed by atoms with E-state index in [2.05, 4.69) is 36.3 Å². The predicted octanol–water partition coefficient (Wildman–Crippen LogP) is 1.85. The number of rotatable bonds is 5. The molecule has 0 radical (unpaired) electrons. The zero-order chi connectivity index (χ0) is 12.3. The molecule has 2 heterocycles. The molecular weight excluding hydrogens is 218 g/mol. The van der Waals surface area contributed by atoms with Crippen LogP contribution in [0.4, 0.5) is 0 Å². The Labute approximate surface area is 102 Å². The van der Waals surface area contributed by atoms with Gasteiger partial charge in [-0.25, -0.2) is 0 Å². The lowest BCUT2D eigenvalue weighted by atomic mass is 10.00. The fourth-order valence-corrected chi connectivity index (χ4v) is 2.11. The third-order valence-electron chi connectivity index (χ3n) is 3.07. The van der Waals surface area contributed by atoms with Crippen LogP contribution in [-0.2, 0) is 11.3 Å². The van der Waals surface area contributed by atoms with Gasteiger partial charge in [-0.1, -0.05) is 20.8 Å². The van der Waals surface area contributed by atoms with Crippen molar-refractivity contribution in [2.24, 2.45) is 0 Å².